The van der Waals surface area contributed by atoms with Gasteiger partial charge >= 0.3 is 0 Å². The number of carbonyl (C=O) groups is 1. The highest BCUT2D eigenvalue weighted by atomic mass is 19.1. The van der Waals surface area contributed by atoms with Gasteiger partial charge in [-0.2, -0.15) is 0 Å². The molecule has 0 aliphatic carbocycles. The maximum absolute atomic E-state index is 13.5. The third-order valence-corrected chi connectivity index (χ3v) is 3.64. The third kappa shape index (κ3) is 5.37. The predicted molar refractivity (Wildman–Crippen MR) is 97.2 cm³/mol. The zero-order valence-electron chi connectivity index (χ0n) is 15.3. The zero-order valence-corrected chi connectivity index (χ0v) is 15.3. The summed E-state index contributed by atoms with van der Waals surface area (Å²) in [7, 11) is 0. The van der Waals surface area contributed by atoms with Crippen LogP contribution in [0.1, 0.15) is 32.4 Å². The topological polar surface area (TPSA) is 56.8 Å². The SMILES string of the molecule is CCOc1ccc([C@H](C)NC(=O)COc2ccccc2F)cc1OCC. The Morgan fingerprint density at radius 3 is 2.38 bits per heavy atom. The highest BCUT2D eigenvalue weighted by Crippen LogP contribution is 2.30. The molecule has 0 aromatic heterocycles. The Morgan fingerprint density at radius 1 is 1.00 bits per heavy atom. The Kier molecular flexibility index (Phi) is 7.26. The standard InChI is InChI=1S/C20H24FNO4/c1-4-24-18-11-10-15(12-19(18)25-5-2)14(3)22-20(23)13-26-17-9-7-6-8-16(17)21/h6-12,14H,4-5,13H2,1-3H3,(H,22,23)/t14-/m0/s1. The molecule has 140 valence electrons. The van der Waals surface area contributed by atoms with Crippen molar-refractivity contribution in [1.82, 2.24) is 5.32 Å². The number of ether oxygens (including phenoxy) is 3. The fraction of sp³-hybridized carbons (Fsp3) is 0.350. The zero-order chi connectivity index (χ0) is 18.9. The van der Waals surface area contributed by atoms with Crippen molar-refractivity contribution in [1.29, 1.82) is 0 Å². The molecule has 0 bridgehead atoms. The fourth-order valence-corrected chi connectivity index (χ4v) is 2.41. The van der Waals surface area contributed by atoms with Gasteiger partial charge in [-0.15, -0.1) is 0 Å². The van der Waals surface area contributed by atoms with Crippen molar-refractivity contribution in [3.05, 3.63) is 53.8 Å². The van der Waals surface area contributed by atoms with Crippen LogP contribution in [0.5, 0.6) is 17.2 Å². The highest BCUT2D eigenvalue weighted by Gasteiger charge is 2.14. The molecule has 2 rings (SSSR count). The van der Waals surface area contributed by atoms with Crippen LogP contribution in [0.4, 0.5) is 4.39 Å². The molecule has 0 aliphatic rings. The van der Waals surface area contributed by atoms with E-state index in [0.29, 0.717) is 24.7 Å². The van der Waals surface area contributed by atoms with Crippen LogP contribution < -0.4 is 19.5 Å². The van der Waals surface area contributed by atoms with E-state index in [1.54, 1.807) is 12.1 Å². The van der Waals surface area contributed by atoms with E-state index in [9.17, 15) is 9.18 Å². The summed E-state index contributed by atoms with van der Waals surface area (Å²) in [5.41, 5.74) is 0.871. The summed E-state index contributed by atoms with van der Waals surface area (Å²) in [6.07, 6.45) is 0. The van der Waals surface area contributed by atoms with Crippen LogP contribution in [0.3, 0.4) is 0 Å². The molecule has 5 nitrogen and oxygen atoms in total. The number of para-hydroxylation sites is 1. The molecule has 1 atom stereocenters. The largest absolute Gasteiger partial charge is 0.490 e. The molecule has 1 amide bonds. The average Bonchev–Trinajstić information content (AvgIpc) is 2.63. The van der Waals surface area contributed by atoms with Gasteiger partial charge in [0.15, 0.2) is 29.7 Å². The van der Waals surface area contributed by atoms with E-state index < -0.39 is 5.82 Å². The molecule has 0 saturated heterocycles. The lowest BCUT2D eigenvalue weighted by molar-refractivity contribution is -0.123. The van der Waals surface area contributed by atoms with Gasteiger partial charge in [-0.1, -0.05) is 18.2 Å². The smallest absolute Gasteiger partial charge is 0.258 e. The Morgan fingerprint density at radius 2 is 1.69 bits per heavy atom. The lowest BCUT2D eigenvalue weighted by atomic mass is 10.1. The number of rotatable bonds is 9. The molecule has 0 aliphatic heterocycles. The van der Waals surface area contributed by atoms with Gasteiger partial charge in [0.2, 0.25) is 0 Å². The van der Waals surface area contributed by atoms with Crippen LogP contribution in [0.25, 0.3) is 0 Å². The van der Waals surface area contributed by atoms with Crippen molar-refractivity contribution >= 4 is 5.91 Å². The molecule has 0 fully saturated rings. The molecular formula is C20H24FNO4. The van der Waals surface area contributed by atoms with Crippen molar-refractivity contribution in [2.24, 2.45) is 0 Å². The number of benzene rings is 2. The molecule has 2 aromatic carbocycles. The quantitative estimate of drug-likeness (QED) is 0.736. The number of amides is 1. The number of hydrogen-bond donors (Lipinski definition) is 1. The highest BCUT2D eigenvalue weighted by molar-refractivity contribution is 5.78. The molecule has 26 heavy (non-hydrogen) atoms. The van der Waals surface area contributed by atoms with Crippen LogP contribution in [-0.2, 0) is 4.79 Å². The second kappa shape index (κ2) is 9.65. The van der Waals surface area contributed by atoms with Gasteiger partial charge in [0.1, 0.15) is 0 Å². The molecule has 1 N–H and O–H groups in total. The van der Waals surface area contributed by atoms with Crippen molar-refractivity contribution in [3.63, 3.8) is 0 Å². The van der Waals surface area contributed by atoms with Crippen LogP contribution in [0.15, 0.2) is 42.5 Å². The summed E-state index contributed by atoms with van der Waals surface area (Å²) in [5.74, 6) is 0.513. The molecule has 0 spiro atoms. The average molecular weight is 361 g/mol. The number of nitrogens with one attached hydrogen (secondary N) is 1. The molecule has 0 radical (unpaired) electrons. The van der Waals surface area contributed by atoms with Gasteiger partial charge in [0.05, 0.1) is 19.3 Å². The first-order chi connectivity index (χ1) is 12.5. The summed E-state index contributed by atoms with van der Waals surface area (Å²) in [6.45, 7) is 6.45. The first-order valence-electron chi connectivity index (χ1n) is 8.61. The van der Waals surface area contributed by atoms with E-state index >= 15 is 0 Å². The van der Waals surface area contributed by atoms with Gasteiger partial charge in [0, 0.05) is 0 Å². The van der Waals surface area contributed by atoms with Gasteiger partial charge in [-0.25, -0.2) is 4.39 Å². The molecule has 0 saturated carbocycles. The van der Waals surface area contributed by atoms with Crippen LogP contribution >= 0.6 is 0 Å². The Bertz CT molecular complexity index is 736. The summed E-state index contributed by atoms with van der Waals surface area (Å²) >= 11 is 0. The maximum Gasteiger partial charge on any atom is 0.258 e. The van der Waals surface area contributed by atoms with Crippen molar-refractivity contribution in [3.8, 4) is 17.2 Å². The lowest BCUT2D eigenvalue weighted by Crippen LogP contribution is -2.31. The minimum atomic E-state index is -0.499. The van der Waals surface area contributed by atoms with E-state index in [1.165, 1.54) is 12.1 Å². The Hall–Kier alpha value is -2.76. The van der Waals surface area contributed by atoms with Gasteiger partial charge in [0.25, 0.3) is 5.91 Å². The third-order valence-electron chi connectivity index (χ3n) is 3.64. The lowest BCUT2D eigenvalue weighted by Gasteiger charge is -2.17. The summed E-state index contributed by atoms with van der Waals surface area (Å²) in [6, 6.07) is 11.2. The Balaban J connectivity index is 1.97. The van der Waals surface area contributed by atoms with Crippen LogP contribution in [0.2, 0.25) is 0 Å². The normalized spacial score (nSPS) is 11.5. The predicted octanol–water partition coefficient (Wildman–Crippen LogP) is 3.88. The van der Waals surface area contributed by atoms with Crippen molar-refractivity contribution < 1.29 is 23.4 Å². The number of halogens is 1. The number of carbonyl (C=O) groups excluding carboxylic acids is 1. The monoisotopic (exact) mass is 361 g/mol. The number of hydrogen-bond acceptors (Lipinski definition) is 4. The molecule has 0 unspecified atom stereocenters. The van der Waals surface area contributed by atoms with Crippen LogP contribution in [-0.4, -0.2) is 25.7 Å². The first-order valence-corrected chi connectivity index (χ1v) is 8.61. The summed E-state index contributed by atoms with van der Waals surface area (Å²) in [5, 5.41) is 2.82. The molecule has 2 aromatic rings. The van der Waals surface area contributed by atoms with Crippen molar-refractivity contribution in [2.45, 2.75) is 26.8 Å². The first kappa shape index (κ1) is 19.6. The van der Waals surface area contributed by atoms with E-state index in [4.69, 9.17) is 14.2 Å². The van der Waals surface area contributed by atoms with Gasteiger partial charge in [-0.3, -0.25) is 4.79 Å². The van der Waals surface area contributed by atoms with E-state index in [1.807, 2.05) is 39.0 Å². The van der Waals surface area contributed by atoms with E-state index in [-0.39, 0.29) is 24.3 Å². The molecular weight excluding hydrogens is 337 g/mol. The second-order valence-corrected chi connectivity index (χ2v) is 5.58. The maximum atomic E-state index is 13.5. The second-order valence-electron chi connectivity index (χ2n) is 5.58. The fourth-order valence-electron chi connectivity index (χ4n) is 2.41. The molecule has 0 heterocycles. The summed E-state index contributed by atoms with van der Waals surface area (Å²) in [4.78, 5) is 12.1. The van der Waals surface area contributed by atoms with Gasteiger partial charge < -0.3 is 19.5 Å². The molecule has 6 heteroatoms. The van der Waals surface area contributed by atoms with Crippen LogP contribution in [0, 0.1) is 5.82 Å². The van der Waals surface area contributed by atoms with Gasteiger partial charge in [-0.05, 0) is 50.6 Å². The van der Waals surface area contributed by atoms with E-state index in [0.717, 1.165) is 5.56 Å². The van der Waals surface area contributed by atoms with E-state index in [2.05, 4.69) is 5.32 Å². The van der Waals surface area contributed by atoms with Crippen molar-refractivity contribution in [2.75, 3.05) is 19.8 Å². The summed E-state index contributed by atoms with van der Waals surface area (Å²) < 4.78 is 29.9. The Labute approximate surface area is 153 Å². The minimum Gasteiger partial charge on any atom is -0.490 e. The minimum absolute atomic E-state index is 0.0509.